The summed E-state index contributed by atoms with van der Waals surface area (Å²) in [6, 6.07) is 10.9. The van der Waals surface area contributed by atoms with E-state index in [9.17, 15) is 13.2 Å². The molecule has 0 spiro atoms. The third kappa shape index (κ3) is 4.24. The molecule has 2 aromatic rings. The predicted octanol–water partition coefficient (Wildman–Crippen LogP) is 2.59. The van der Waals surface area contributed by atoms with Crippen molar-refractivity contribution in [3.8, 4) is 0 Å². The van der Waals surface area contributed by atoms with Crippen molar-refractivity contribution < 1.29 is 13.2 Å². The standard InChI is InChI=1S/C21H28N4O3S/c1-23-12-4-6-19(23)20-7-5-13-24(20)16-21(26)22-17-8-10-18(11-9-17)29(27,28)25-14-2-3-15-25/h4,6,8-12,20H,2-3,5,7,13-16H2,1H3,(H,22,26)/t20-/m1/s1. The molecule has 8 heteroatoms. The molecule has 0 bridgehead atoms. The molecule has 2 aliphatic rings. The summed E-state index contributed by atoms with van der Waals surface area (Å²) in [5.74, 6) is -0.0822. The molecule has 2 aliphatic heterocycles. The van der Waals surface area contributed by atoms with E-state index in [1.807, 2.05) is 19.3 Å². The number of benzene rings is 1. The SMILES string of the molecule is Cn1cccc1[C@H]1CCCN1CC(=O)Nc1ccc(S(=O)(=O)N2CCCC2)cc1. The molecule has 2 saturated heterocycles. The minimum absolute atomic E-state index is 0.0822. The van der Waals surface area contributed by atoms with Crippen LogP contribution in [0.3, 0.4) is 0 Å². The minimum atomic E-state index is -3.43. The predicted molar refractivity (Wildman–Crippen MR) is 112 cm³/mol. The van der Waals surface area contributed by atoms with E-state index in [2.05, 4.69) is 20.9 Å². The Bertz CT molecular complexity index is 962. The van der Waals surface area contributed by atoms with Gasteiger partial charge < -0.3 is 9.88 Å². The largest absolute Gasteiger partial charge is 0.353 e. The van der Waals surface area contributed by atoms with Crippen molar-refractivity contribution in [1.29, 1.82) is 0 Å². The maximum atomic E-state index is 12.6. The summed E-state index contributed by atoms with van der Waals surface area (Å²) in [5, 5.41) is 2.90. The van der Waals surface area contributed by atoms with Crippen LogP contribution in [0.25, 0.3) is 0 Å². The van der Waals surface area contributed by atoms with Crippen LogP contribution in [-0.4, -0.2) is 54.3 Å². The number of likely N-dealkylation sites (tertiary alicyclic amines) is 1. The number of hydrogen-bond acceptors (Lipinski definition) is 4. The second-order valence-corrected chi connectivity index (χ2v) is 9.79. The van der Waals surface area contributed by atoms with Crippen LogP contribution in [0.1, 0.15) is 37.4 Å². The maximum absolute atomic E-state index is 12.6. The highest BCUT2D eigenvalue weighted by Gasteiger charge is 2.29. The second-order valence-electron chi connectivity index (χ2n) is 7.86. The molecule has 4 rings (SSSR count). The number of carbonyl (C=O) groups is 1. The van der Waals surface area contributed by atoms with Crippen molar-refractivity contribution in [2.75, 3.05) is 31.5 Å². The third-order valence-electron chi connectivity index (χ3n) is 5.88. The Morgan fingerprint density at radius 1 is 1.07 bits per heavy atom. The summed E-state index contributed by atoms with van der Waals surface area (Å²) in [5.41, 5.74) is 1.84. The first-order valence-electron chi connectivity index (χ1n) is 10.2. The number of anilines is 1. The molecule has 29 heavy (non-hydrogen) atoms. The zero-order chi connectivity index (χ0) is 20.4. The molecular formula is C21H28N4O3S. The van der Waals surface area contributed by atoms with Gasteiger partial charge in [0.1, 0.15) is 0 Å². The van der Waals surface area contributed by atoms with Crippen LogP contribution in [0.15, 0.2) is 47.5 Å². The number of nitrogens with zero attached hydrogens (tertiary/aromatic N) is 3. The lowest BCUT2D eigenvalue weighted by Gasteiger charge is -2.24. The fourth-order valence-electron chi connectivity index (χ4n) is 4.34. The second kappa shape index (κ2) is 8.30. The molecule has 7 nitrogen and oxygen atoms in total. The van der Waals surface area contributed by atoms with Gasteiger partial charge in [-0.05, 0) is 68.6 Å². The number of aryl methyl sites for hydroxylation is 1. The Hall–Kier alpha value is -2.16. The van der Waals surface area contributed by atoms with Crippen molar-refractivity contribution in [3.63, 3.8) is 0 Å². The number of amides is 1. The van der Waals surface area contributed by atoms with Crippen LogP contribution in [0, 0.1) is 0 Å². The normalized spacial score (nSPS) is 20.9. The number of nitrogens with one attached hydrogen (secondary N) is 1. The summed E-state index contributed by atoms with van der Waals surface area (Å²) in [6.07, 6.45) is 5.98. The van der Waals surface area contributed by atoms with Gasteiger partial charge in [0.2, 0.25) is 15.9 Å². The number of sulfonamides is 1. The first kappa shape index (κ1) is 20.1. The van der Waals surface area contributed by atoms with Crippen LogP contribution >= 0.6 is 0 Å². The molecule has 3 heterocycles. The molecule has 156 valence electrons. The van der Waals surface area contributed by atoms with Gasteiger partial charge in [0, 0.05) is 37.7 Å². The van der Waals surface area contributed by atoms with Gasteiger partial charge in [0.05, 0.1) is 17.5 Å². The van der Waals surface area contributed by atoms with Gasteiger partial charge in [0.15, 0.2) is 0 Å². The van der Waals surface area contributed by atoms with Crippen molar-refractivity contribution in [1.82, 2.24) is 13.8 Å². The van der Waals surface area contributed by atoms with E-state index in [4.69, 9.17) is 0 Å². The first-order chi connectivity index (χ1) is 13.9. The summed E-state index contributed by atoms with van der Waals surface area (Å²) in [4.78, 5) is 15.1. The van der Waals surface area contributed by atoms with E-state index >= 15 is 0 Å². The molecule has 0 aliphatic carbocycles. The molecule has 0 unspecified atom stereocenters. The molecule has 1 aromatic carbocycles. The Morgan fingerprint density at radius 3 is 2.45 bits per heavy atom. The average molecular weight is 417 g/mol. The summed E-state index contributed by atoms with van der Waals surface area (Å²) in [6.45, 7) is 2.39. The van der Waals surface area contributed by atoms with Crippen molar-refractivity contribution >= 4 is 21.6 Å². The van der Waals surface area contributed by atoms with Gasteiger partial charge in [-0.25, -0.2) is 8.42 Å². The number of carbonyl (C=O) groups excluding carboxylic acids is 1. The van der Waals surface area contributed by atoms with Crippen molar-refractivity contribution in [2.45, 2.75) is 36.6 Å². The lowest BCUT2D eigenvalue weighted by atomic mass is 10.1. The Balaban J connectivity index is 1.38. The zero-order valence-electron chi connectivity index (χ0n) is 16.8. The fraction of sp³-hybridized carbons (Fsp3) is 0.476. The third-order valence-corrected chi connectivity index (χ3v) is 7.79. The first-order valence-corrected chi connectivity index (χ1v) is 11.6. The highest BCUT2D eigenvalue weighted by molar-refractivity contribution is 7.89. The lowest BCUT2D eigenvalue weighted by molar-refractivity contribution is -0.117. The number of rotatable bonds is 6. The number of hydrogen-bond donors (Lipinski definition) is 1. The van der Waals surface area contributed by atoms with Crippen LogP contribution < -0.4 is 5.32 Å². The van der Waals surface area contributed by atoms with Gasteiger partial charge >= 0.3 is 0 Å². The van der Waals surface area contributed by atoms with E-state index in [1.165, 1.54) is 10.00 Å². The van der Waals surface area contributed by atoms with Crippen LogP contribution in [0.4, 0.5) is 5.69 Å². The smallest absolute Gasteiger partial charge is 0.243 e. The van der Waals surface area contributed by atoms with E-state index in [1.54, 1.807) is 24.3 Å². The molecule has 1 N–H and O–H groups in total. The molecule has 1 aromatic heterocycles. The van der Waals surface area contributed by atoms with E-state index in [0.717, 1.165) is 32.2 Å². The zero-order valence-corrected chi connectivity index (χ0v) is 17.6. The molecular weight excluding hydrogens is 388 g/mol. The van der Waals surface area contributed by atoms with Gasteiger partial charge in [-0.2, -0.15) is 4.31 Å². The molecule has 0 saturated carbocycles. The van der Waals surface area contributed by atoms with Crippen molar-refractivity contribution in [3.05, 3.63) is 48.3 Å². The highest BCUT2D eigenvalue weighted by atomic mass is 32.2. The monoisotopic (exact) mass is 416 g/mol. The van der Waals surface area contributed by atoms with Gasteiger partial charge in [-0.1, -0.05) is 0 Å². The lowest BCUT2D eigenvalue weighted by Crippen LogP contribution is -2.33. The van der Waals surface area contributed by atoms with Gasteiger partial charge in [-0.15, -0.1) is 0 Å². The molecule has 2 fully saturated rings. The Labute approximate surface area is 172 Å². The number of aromatic nitrogens is 1. The fourth-order valence-corrected chi connectivity index (χ4v) is 5.86. The van der Waals surface area contributed by atoms with Gasteiger partial charge in [0.25, 0.3) is 0 Å². The summed E-state index contributed by atoms with van der Waals surface area (Å²) < 4.78 is 28.8. The van der Waals surface area contributed by atoms with E-state index in [0.29, 0.717) is 25.3 Å². The van der Waals surface area contributed by atoms with Crippen LogP contribution in [-0.2, 0) is 21.9 Å². The quantitative estimate of drug-likeness (QED) is 0.785. The summed E-state index contributed by atoms with van der Waals surface area (Å²) >= 11 is 0. The average Bonchev–Trinajstić information content (AvgIpc) is 3.44. The molecule has 1 amide bonds. The van der Waals surface area contributed by atoms with E-state index in [-0.39, 0.29) is 16.8 Å². The Kier molecular flexibility index (Phi) is 5.76. The Morgan fingerprint density at radius 2 is 1.79 bits per heavy atom. The molecule has 0 radical (unpaired) electrons. The van der Waals surface area contributed by atoms with E-state index < -0.39 is 10.0 Å². The maximum Gasteiger partial charge on any atom is 0.243 e. The summed E-state index contributed by atoms with van der Waals surface area (Å²) in [7, 11) is -1.40. The van der Waals surface area contributed by atoms with Crippen LogP contribution in [0.5, 0.6) is 0 Å². The minimum Gasteiger partial charge on any atom is -0.353 e. The van der Waals surface area contributed by atoms with Crippen molar-refractivity contribution in [2.24, 2.45) is 7.05 Å². The highest BCUT2D eigenvalue weighted by Crippen LogP contribution is 2.31. The van der Waals surface area contributed by atoms with Gasteiger partial charge in [-0.3, -0.25) is 9.69 Å². The molecule has 1 atom stereocenters. The van der Waals surface area contributed by atoms with Crippen LogP contribution in [0.2, 0.25) is 0 Å². The topological polar surface area (TPSA) is 74.6 Å².